The Hall–Kier alpha value is -1.86. The highest BCUT2D eigenvalue weighted by Crippen LogP contribution is 2.28. The van der Waals surface area contributed by atoms with Crippen molar-refractivity contribution < 1.29 is 4.92 Å². The number of pyridine rings is 2. The Labute approximate surface area is 111 Å². The SMILES string of the molecule is Nc1cc([N+](=O)[O-])cc(Sc2ccc(Cl)cn2)n1. The van der Waals surface area contributed by atoms with Crippen LogP contribution in [-0.4, -0.2) is 14.9 Å². The molecule has 0 aliphatic carbocycles. The van der Waals surface area contributed by atoms with Crippen molar-refractivity contribution in [2.24, 2.45) is 0 Å². The largest absolute Gasteiger partial charge is 0.383 e. The van der Waals surface area contributed by atoms with E-state index in [1.165, 1.54) is 30.1 Å². The van der Waals surface area contributed by atoms with Gasteiger partial charge in [-0.05, 0) is 23.9 Å². The van der Waals surface area contributed by atoms with Crippen molar-refractivity contribution in [1.29, 1.82) is 0 Å². The number of nitro groups is 1. The highest BCUT2D eigenvalue weighted by Gasteiger charge is 2.11. The molecule has 0 radical (unpaired) electrons. The maximum Gasteiger partial charge on any atom is 0.275 e. The molecule has 18 heavy (non-hydrogen) atoms. The number of halogens is 1. The maximum absolute atomic E-state index is 10.7. The number of nitrogens with zero attached hydrogens (tertiary/aromatic N) is 3. The van der Waals surface area contributed by atoms with Crippen molar-refractivity contribution in [3.8, 4) is 0 Å². The van der Waals surface area contributed by atoms with Gasteiger partial charge in [-0.15, -0.1) is 0 Å². The molecule has 2 rings (SSSR count). The molecular weight excluding hydrogens is 276 g/mol. The molecule has 0 aliphatic heterocycles. The van der Waals surface area contributed by atoms with Crippen LogP contribution in [-0.2, 0) is 0 Å². The predicted molar refractivity (Wildman–Crippen MR) is 68.7 cm³/mol. The van der Waals surface area contributed by atoms with Crippen LogP contribution in [0.1, 0.15) is 0 Å². The van der Waals surface area contributed by atoms with Gasteiger partial charge >= 0.3 is 0 Å². The van der Waals surface area contributed by atoms with Crippen molar-refractivity contribution in [2.75, 3.05) is 5.73 Å². The van der Waals surface area contributed by atoms with Gasteiger partial charge in [0.1, 0.15) is 15.9 Å². The number of rotatable bonds is 3. The summed E-state index contributed by atoms with van der Waals surface area (Å²) in [5.41, 5.74) is 5.41. The monoisotopic (exact) mass is 282 g/mol. The summed E-state index contributed by atoms with van der Waals surface area (Å²) < 4.78 is 0. The molecule has 0 unspecified atom stereocenters. The van der Waals surface area contributed by atoms with Crippen LogP contribution in [0.25, 0.3) is 0 Å². The standard InChI is InChI=1S/C10H7ClN4O2S/c11-6-1-2-9(13-5-6)18-10-4-7(15(16)17)3-8(12)14-10/h1-5H,(H2,12,14). The van der Waals surface area contributed by atoms with Crippen LogP contribution in [0.3, 0.4) is 0 Å². The van der Waals surface area contributed by atoms with Crippen LogP contribution in [0.5, 0.6) is 0 Å². The van der Waals surface area contributed by atoms with E-state index in [0.717, 1.165) is 0 Å². The first-order valence-electron chi connectivity index (χ1n) is 4.76. The Morgan fingerprint density at radius 3 is 2.72 bits per heavy atom. The van der Waals surface area contributed by atoms with E-state index < -0.39 is 4.92 Å². The van der Waals surface area contributed by atoms with Gasteiger partial charge in [0, 0.05) is 12.3 Å². The molecular formula is C10H7ClN4O2S. The van der Waals surface area contributed by atoms with Crippen molar-refractivity contribution in [1.82, 2.24) is 9.97 Å². The van der Waals surface area contributed by atoms with Crippen LogP contribution in [0.2, 0.25) is 5.02 Å². The summed E-state index contributed by atoms with van der Waals surface area (Å²) in [6.45, 7) is 0. The van der Waals surface area contributed by atoms with E-state index in [1.807, 2.05) is 0 Å². The minimum atomic E-state index is -0.516. The minimum absolute atomic E-state index is 0.0978. The summed E-state index contributed by atoms with van der Waals surface area (Å²) in [6, 6.07) is 5.93. The number of nitrogens with two attached hydrogens (primary N) is 1. The van der Waals surface area contributed by atoms with Crippen LogP contribution in [0.4, 0.5) is 11.5 Å². The Morgan fingerprint density at radius 2 is 2.11 bits per heavy atom. The molecule has 6 nitrogen and oxygen atoms in total. The molecule has 2 heterocycles. The third-order valence-corrected chi connectivity index (χ3v) is 3.02. The molecule has 92 valence electrons. The van der Waals surface area contributed by atoms with Gasteiger partial charge in [-0.1, -0.05) is 11.6 Å². The molecule has 0 aromatic carbocycles. The van der Waals surface area contributed by atoms with Gasteiger partial charge < -0.3 is 5.73 Å². The molecule has 0 atom stereocenters. The average Bonchev–Trinajstić information content (AvgIpc) is 2.31. The Morgan fingerprint density at radius 1 is 1.33 bits per heavy atom. The quantitative estimate of drug-likeness (QED) is 0.687. The van der Waals surface area contributed by atoms with Crippen molar-refractivity contribution in [3.63, 3.8) is 0 Å². The molecule has 0 spiro atoms. The van der Waals surface area contributed by atoms with Crippen molar-refractivity contribution >= 4 is 34.9 Å². The van der Waals surface area contributed by atoms with E-state index in [0.29, 0.717) is 15.1 Å². The zero-order valence-electron chi connectivity index (χ0n) is 8.91. The smallest absolute Gasteiger partial charge is 0.275 e. The third-order valence-electron chi connectivity index (χ3n) is 1.93. The first-order valence-corrected chi connectivity index (χ1v) is 5.95. The van der Waals surface area contributed by atoms with E-state index in [9.17, 15) is 10.1 Å². The summed E-state index contributed by atoms with van der Waals surface area (Å²) in [7, 11) is 0. The molecule has 0 saturated heterocycles. The lowest BCUT2D eigenvalue weighted by Crippen LogP contribution is -1.96. The van der Waals surface area contributed by atoms with Crippen LogP contribution >= 0.6 is 23.4 Å². The zero-order chi connectivity index (χ0) is 13.1. The van der Waals surface area contributed by atoms with Gasteiger partial charge in [0.15, 0.2) is 0 Å². The molecule has 0 bridgehead atoms. The molecule has 0 aliphatic rings. The lowest BCUT2D eigenvalue weighted by Gasteiger charge is -2.01. The van der Waals surface area contributed by atoms with E-state index in [2.05, 4.69) is 9.97 Å². The molecule has 2 aromatic rings. The normalized spacial score (nSPS) is 10.3. The molecule has 2 aromatic heterocycles. The molecule has 2 N–H and O–H groups in total. The van der Waals surface area contributed by atoms with Crippen molar-refractivity contribution in [2.45, 2.75) is 10.1 Å². The topological polar surface area (TPSA) is 94.9 Å². The number of nitrogen functional groups attached to an aromatic ring is 1. The van der Waals surface area contributed by atoms with Crippen LogP contribution < -0.4 is 5.73 Å². The second-order valence-corrected chi connectivity index (χ2v) is 4.74. The first kappa shape index (κ1) is 12.6. The third kappa shape index (κ3) is 3.08. The van der Waals surface area contributed by atoms with Gasteiger partial charge in [-0.25, -0.2) is 9.97 Å². The lowest BCUT2D eigenvalue weighted by atomic mass is 10.4. The second-order valence-electron chi connectivity index (χ2n) is 3.26. The molecule has 8 heteroatoms. The first-order chi connectivity index (χ1) is 8.54. The highest BCUT2D eigenvalue weighted by molar-refractivity contribution is 7.99. The summed E-state index contributed by atoms with van der Waals surface area (Å²) in [6.07, 6.45) is 1.49. The van der Waals surface area contributed by atoms with Gasteiger partial charge in [-0.2, -0.15) is 0 Å². The summed E-state index contributed by atoms with van der Waals surface area (Å²) in [4.78, 5) is 18.2. The van der Waals surface area contributed by atoms with Crippen molar-refractivity contribution in [3.05, 3.63) is 45.6 Å². The fourth-order valence-corrected chi connectivity index (χ4v) is 2.10. The average molecular weight is 283 g/mol. The highest BCUT2D eigenvalue weighted by atomic mass is 35.5. The predicted octanol–water partition coefficient (Wildman–Crippen LogP) is 2.77. The number of hydrogen-bond acceptors (Lipinski definition) is 6. The summed E-state index contributed by atoms with van der Waals surface area (Å²) in [5, 5.41) is 12.2. The molecule has 0 fully saturated rings. The van der Waals surface area contributed by atoms with Gasteiger partial charge in [-0.3, -0.25) is 10.1 Å². The van der Waals surface area contributed by atoms with E-state index in [-0.39, 0.29) is 11.5 Å². The minimum Gasteiger partial charge on any atom is -0.383 e. The maximum atomic E-state index is 10.7. The zero-order valence-corrected chi connectivity index (χ0v) is 10.5. The lowest BCUT2D eigenvalue weighted by molar-refractivity contribution is -0.385. The Balaban J connectivity index is 2.28. The van der Waals surface area contributed by atoms with E-state index >= 15 is 0 Å². The van der Waals surface area contributed by atoms with E-state index in [4.69, 9.17) is 17.3 Å². The summed E-state index contributed by atoms with van der Waals surface area (Å²) >= 11 is 6.89. The fraction of sp³-hybridized carbons (Fsp3) is 0. The van der Waals surface area contributed by atoms with Crippen LogP contribution in [0, 0.1) is 10.1 Å². The fourth-order valence-electron chi connectivity index (χ4n) is 1.20. The number of aromatic nitrogens is 2. The van der Waals surface area contributed by atoms with Gasteiger partial charge in [0.25, 0.3) is 5.69 Å². The summed E-state index contributed by atoms with van der Waals surface area (Å²) in [5.74, 6) is 0.0978. The number of anilines is 1. The molecule has 0 saturated carbocycles. The Bertz CT molecular complexity index is 591. The molecule has 0 amide bonds. The van der Waals surface area contributed by atoms with Crippen LogP contribution in [0.15, 0.2) is 40.5 Å². The second kappa shape index (κ2) is 5.19. The van der Waals surface area contributed by atoms with Gasteiger partial charge in [0.2, 0.25) is 0 Å². The van der Waals surface area contributed by atoms with Gasteiger partial charge in [0.05, 0.1) is 16.0 Å². The Kier molecular flexibility index (Phi) is 3.63. The van der Waals surface area contributed by atoms with E-state index in [1.54, 1.807) is 12.1 Å². The number of hydrogen-bond donors (Lipinski definition) is 1.